The van der Waals surface area contributed by atoms with Gasteiger partial charge in [-0.05, 0) is 30.4 Å². The fourth-order valence-electron chi connectivity index (χ4n) is 5.83. The second-order valence-electron chi connectivity index (χ2n) is 10.4. The summed E-state index contributed by atoms with van der Waals surface area (Å²) in [5, 5.41) is 2.04. The summed E-state index contributed by atoms with van der Waals surface area (Å²) >= 11 is 0. The third kappa shape index (κ3) is 5.03. The molecule has 3 aliphatic heterocycles. The topological polar surface area (TPSA) is 88.0 Å². The van der Waals surface area contributed by atoms with E-state index in [4.69, 9.17) is 19.4 Å². The number of anilines is 1. The van der Waals surface area contributed by atoms with Gasteiger partial charge >= 0.3 is 5.91 Å². The number of ether oxygens (including phenoxy) is 2. The monoisotopic (exact) mass is 507 g/mol. The van der Waals surface area contributed by atoms with Crippen LogP contribution in [0.2, 0.25) is 0 Å². The predicted molar refractivity (Wildman–Crippen MR) is 142 cm³/mol. The van der Waals surface area contributed by atoms with E-state index in [-0.39, 0.29) is 5.91 Å². The van der Waals surface area contributed by atoms with Crippen LogP contribution in [-0.4, -0.2) is 102 Å². The molecule has 3 saturated heterocycles. The van der Waals surface area contributed by atoms with Crippen molar-refractivity contribution in [3.63, 3.8) is 0 Å². The lowest BCUT2D eigenvalue weighted by molar-refractivity contribution is -0.00391. The Hall–Kier alpha value is -2.79. The first-order chi connectivity index (χ1) is 18.1. The van der Waals surface area contributed by atoms with Crippen molar-refractivity contribution in [1.29, 1.82) is 0 Å². The fraction of sp³-hybridized carbons (Fsp3) is 0.593. The molecule has 5 heterocycles. The maximum absolute atomic E-state index is 13.4. The van der Waals surface area contributed by atoms with Gasteiger partial charge in [-0.2, -0.15) is 0 Å². The van der Waals surface area contributed by atoms with Crippen molar-refractivity contribution in [2.45, 2.75) is 25.8 Å². The predicted octanol–water partition coefficient (Wildman–Crippen LogP) is 1.84. The van der Waals surface area contributed by atoms with E-state index < -0.39 is 0 Å². The summed E-state index contributed by atoms with van der Waals surface area (Å²) in [4.78, 5) is 28.1. The minimum atomic E-state index is -0.187. The maximum Gasteiger partial charge on any atom is 0.301 e. The first-order valence-electron chi connectivity index (χ1n) is 13.5. The van der Waals surface area contributed by atoms with Crippen LogP contribution in [-0.2, 0) is 16.5 Å². The van der Waals surface area contributed by atoms with Gasteiger partial charge in [0.05, 0.1) is 37.8 Å². The molecule has 10 nitrogen and oxygen atoms in total. The van der Waals surface area contributed by atoms with Gasteiger partial charge in [-0.15, -0.1) is 0 Å². The normalized spacial score (nSPS) is 24.1. The van der Waals surface area contributed by atoms with Crippen molar-refractivity contribution in [2.75, 3.05) is 70.6 Å². The Bertz CT molecular complexity index is 1200. The van der Waals surface area contributed by atoms with Crippen LogP contribution in [0.5, 0.6) is 0 Å². The van der Waals surface area contributed by atoms with Gasteiger partial charge in [0, 0.05) is 52.4 Å². The van der Waals surface area contributed by atoms with Crippen molar-refractivity contribution in [1.82, 2.24) is 29.9 Å². The number of aromatic nitrogens is 3. The Kier molecular flexibility index (Phi) is 6.98. The SMILES string of the molecule is CC1C=CC(c2cc(N3CCOCC3)c3nc(C(=O)NN4CCC(N5CCOCC5)CC4)n(C)c3n2)=C1. The smallest absolute Gasteiger partial charge is 0.301 e. The fourth-order valence-corrected chi connectivity index (χ4v) is 5.83. The average Bonchev–Trinajstić information content (AvgIpc) is 3.53. The van der Waals surface area contributed by atoms with Crippen LogP contribution in [0.4, 0.5) is 5.69 Å². The van der Waals surface area contributed by atoms with E-state index in [1.165, 1.54) is 0 Å². The van der Waals surface area contributed by atoms with Crippen LogP contribution in [0.25, 0.3) is 16.7 Å². The molecule has 1 amide bonds. The van der Waals surface area contributed by atoms with Gasteiger partial charge in [-0.1, -0.05) is 25.2 Å². The molecule has 0 bridgehead atoms. The Morgan fingerprint density at radius 2 is 1.70 bits per heavy atom. The number of pyridine rings is 1. The quantitative estimate of drug-likeness (QED) is 0.656. The second kappa shape index (κ2) is 10.5. The Labute approximate surface area is 217 Å². The van der Waals surface area contributed by atoms with Crippen molar-refractivity contribution < 1.29 is 14.3 Å². The van der Waals surface area contributed by atoms with E-state index in [0.29, 0.717) is 31.0 Å². The Balaban J connectivity index is 1.23. The molecule has 0 aromatic carbocycles. The number of allylic oxidation sites excluding steroid dienone is 4. The third-order valence-electron chi connectivity index (χ3n) is 7.97. The molecule has 6 rings (SSSR count). The molecule has 10 heteroatoms. The molecule has 0 saturated carbocycles. The number of morpholine rings is 2. The van der Waals surface area contributed by atoms with Crippen LogP contribution in [0, 0.1) is 5.92 Å². The van der Waals surface area contributed by atoms with Crippen molar-refractivity contribution in [2.24, 2.45) is 13.0 Å². The molecule has 198 valence electrons. The molecular weight excluding hydrogens is 470 g/mol. The highest BCUT2D eigenvalue weighted by Gasteiger charge is 2.29. The van der Waals surface area contributed by atoms with Crippen molar-refractivity contribution >= 4 is 28.3 Å². The minimum absolute atomic E-state index is 0.187. The highest BCUT2D eigenvalue weighted by molar-refractivity contribution is 5.98. The zero-order chi connectivity index (χ0) is 25.4. The molecule has 3 fully saturated rings. The van der Waals surface area contributed by atoms with Crippen LogP contribution in [0.1, 0.15) is 36.1 Å². The van der Waals surface area contributed by atoms with Gasteiger partial charge < -0.3 is 18.9 Å². The zero-order valence-electron chi connectivity index (χ0n) is 21.9. The zero-order valence-corrected chi connectivity index (χ0v) is 21.9. The number of aryl methyl sites for hydroxylation is 1. The number of piperidine rings is 1. The molecule has 37 heavy (non-hydrogen) atoms. The van der Waals surface area contributed by atoms with Gasteiger partial charge in [0.2, 0.25) is 5.82 Å². The lowest BCUT2D eigenvalue weighted by Crippen LogP contribution is -2.53. The molecule has 1 aliphatic carbocycles. The summed E-state index contributed by atoms with van der Waals surface area (Å²) in [5.74, 6) is 0.585. The summed E-state index contributed by atoms with van der Waals surface area (Å²) in [6.45, 7) is 10.4. The number of nitrogens with zero attached hydrogens (tertiary/aromatic N) is 6. The highest BCUT2D eigenvalue weighted by atomic mass is 16.5. The van der Waals surface area contributed by atoms with E-state index in [2.05, 4.69) is 46.4 Å². The summed E-state index contributed by atoms with van der Waals surface area (Å²) in [7, 11) is 1.89. The van der Waals surface area contributed by atoms with E-state index in [1.807, 2.05) is 16.6 Å². The highest BCUT2D eigenvalue weighted by Crippen LogP contribution is 2.32. The van der Waals surface area contributed by atoms with E-state index in [9.17, 15) is 4.79 Å². The lowest BCUT2D eigenvalue weighted by atomic mass is 10.0. The molecule has 2 aromatic heterocycles. The Morgan fingerprint density at radius 1 is 1.00 bits per heavy atom. The first-order valence-corrected chi connectivity index (χ1v) is 13.5. The van der Waals surface area contributed by atoms with Gasteiger partial charge in [0.15, 0.2) is 5.65 Å². The summed E-state index contributed by atoms with van der Waals surface area (Å²) in [6.07, 6.45) is 8.61. The molecular formula is C27H37N7O3. The summed E-state index contributed by atoms with van der Waals surface area (Å²) in [5.41, 5.74) is 7.64. The molecule has 2 aromatic rings. The van der Waals surface area contributed by atoms with Gasteiger partial charge in [-0.25, -0.2) is 15.0 Å². The van der Waals surface area contributed by atoms with E-state index >= 15 is 0 Å². The van der Waals surface area contributed by atoms with E-state index in [0.717, 1.165) is 93.4 Å². The lowest BCUT2D eigenvalue weighted by Gasteiger charge is -2.39. The largest absolute Gasteiger partial charge is 0.379 e. The summed E-state index contributed by atoms with van der Waals surface area (Å²) in [6, 6.07) is 2.68. The van der Waals surface area contributed by atoms with Gasteiger partial charge in [0.25, 0.3) is 0 Å². The van der Waals surface area contributed by atoms with E-state index in [1.54, 1.807) is 0 Å². The maximum atomic E-state index is 13.4. The van der Waals surface area contributed by atoms with Crippen LogP contribution < -0.4 is 10.3 Å². The number of fused-ring (bicyclic) bond motifs is 1. The molecule has 0 spiro atoms. The molecule has 1 N–H and O–H groups in total. The number of amides is 1. The number of hydrogen-bond donors (Lipinski definition) is 1. The van der Waals surface area contributed by atoms with Crippen LogP contribution in [0.15, 0.2) is 24.3 Å². The van der Waals surface area contributed by atoms with Crippen LogP contribution in [0.3, 0.4) is 0 Å². The summed E-state index contributed by atoms with van der Waals surface area (Å²) < 4.78 is 12.9. The number of carbonyl (C=O) groups excluding carboxylic acids is 1. The Morgan fingerprint density at radius 3 is 2.38 bits per heavy atom. The van der Waals surface area contributed by atoms with Crippen molar-refractivity contribution in [3.8, 4) is 0 Å². The molecule has 0 radical (unpaired) electrons. The first kappa shape index (κ1) is 24.5. The number of hydrogen-bond acceptors (Lipinski definition) is 8. The van der Waals surface area contributed by atoms with Gasteiger partial charge in [-0.3, -0.25) is 15.1 Å². The minimum Gasteiger partial charge on any atom is -0.379 e. The molecule has 4 aliphatic rings. The number of hydrazine groups is 1. The number of imidazole rings is 1. The third-order valence-corrected chi connectivity index (χ3v) is 7.97. The van der Waals surface area contributed by atoms with Gasteiger partial charge in [0.1, 0.15) is 5.52 Å². The second-order valence-corrected chi connectivity index (χ2v) is 10.4. The molecule has 1 unspecified atom stereocenters. The number of nitrogens with one attached hydrogen (secondary N) is 1. The average molecular weight is 508 g/mol. The standard InChI is InChI=1S/C27H37N7O3/c1-19-3-4-20(17-19)22-18-23(33-11-15-37-16-12-33)24-25(28-22)31(2)26(29-24)27(35)30-34-7-5-21(6-8-34)32-9-13-36-14-10-32/h3-4,17-19,21H,5-16H2,1-2H3,(H,30,35). The number of rotatable bonds is 5. The van der Waals surface area contributed by atoms with Crippen LogP contribution >= 0.6 is 0 Å². The van der Waals surface area contributed by atoms with Crippen molar-refractivity contribution in [3.05, 3.63) is 35.8 Å². The molecule has 1 atom stereocenters. The number of carbonyl (C=O) groups is 1.